The van der Waals surface area contributed by atoms with Crippen molar-refractivity contribution < 1.29 is 33.0 Å². The molecule has 5 rings (SSSR count). The number of nitrogen functional groups attached to an aromatic ring is 1. The maximum Gasteiger partial charge on any atom is 0.459 e. The maximum atomic E-state index is 14.6. The molecular weight excluding hydrogens is 599 g/mol. The second-order valence-corrected chi connectivity index (χ2v) is 13.1. The summed E-state index contributed by atoms with van der Waals surface area (Å²) in [7, 11) is -4.31. The number of hydrogen-bond donors (Lipinski definition) is 3. The fourth-order valence-corrected chi connectivity index (χ4v) is 7.26. The first-order valence-corrected chi connectivity index (χ1v) is 16.8. The Morgan fingerprint density at radius 1 is 1.04 bits per heavy atom. The van der Waals surface area contributed by atoms with Crippen LogP contribution in [0.15, 0.2) is 55.1 Å². The molecular formula is C31H41N6O7P. The maximum absolute atomic E-state index is 14.6. The topological polar surface area (TPSA) is 173 Å². The minimum Gasteiger partial charge on any atom is -0.461 e. The van der Waals surface area contributed by atoms with Crippen LogP contribution < -0.4 is 15.3 Å². The number of aliphatic hydroxyl groups excluding tert-OH is 1. The average Bonchev–Trinajstić information content (AvgIpc) is 3.46. The van der Waals surface area contributed by atoms with Crippen molar-refractivity contribution in [3.63, 3.8) is 0 Å². The van der Waals surface area contributed by atoms with Crippen molar-refractivity contribution in [1.82, 2.24) is 24.6 Å². The van der Waals surface area contributed by atoms with Crippen molar-refractivity contribution in [2.45, 2.75) is 96.5 Å². The van der Waals surface area contributed by atoms with E-state index in [1.807, 2.05) is 30.3 Å². The summed E-state index contributed by atoms with van der Waals surface area (Å²) in [6, 6.07) is 11.8. The normalized spacial score (nSPS) is 19.0. The lowest BCUT2D eigenvalue weighted by Gasteiger charge is -2.33. The first kappa shape index (κ1) is 32.8. The molecule has 242 valence electrons. The molecule has 1 aliphatic rings. The highest BCUT2D eigenvalue weighted by Crippen LogP contribution is 2.48. The van der Waals surface area contributed by atoms with E-state index in [4.69, 9.17) is 24.3 Å². The van der Waals surface area contributed by atoms with Crippen LogP contribution >= 0.6 is 7.75 Å². The summed E-state index contributed by atoms with van der Waals surface area (Å²) >= 11 is 0. The average molecular weight is 641 g/mol. The molecule has 2 heterocycles. The SMILES string of the molecule is CC(NP(=O)(Oc1cccc2ccccc12)OC(C)[C@@H](OC(C)n1cnc2c(N)ncnc21)C(C)O)C(=O)OC1CCCCC1. The van der Waals surface area contributed by atoms with Gasteiger partial charge < -0.3 is 24.8 Å². The number of carbonyl (C=O) groups excluding carboxylic acids is 1. The van der Waals surface area contributed by atoms with Crippen molar-refractivity contribution in [1.29, 1.82) is 0 Å². The van der Waals surface area contributed by atoms with E-state index in [2.05, 4.69) is 20.0 Å². The van der Waals surface area contributed by atoms with Crippen LogP contribution in [0.5, 0.6) is 5.75 Å². The van der Waals surface area contributed by atoms with Crippen LogP contribution in [-0.4, -0.2) is 61.1 Å². The fourth-order valence-electron chi connectivity index (χ4n) is 5.55. The van der Waals surface area contributed by atoms with E-state index in [1.165, 1.54) is 19.6 Å². The van der Waals surface area contributed by atoms with Crippen molar-refractivity contribution in [2.75, 3.05) is 5.73 Å². The standard InChI is InChI=1S/C31H41N6O7P/c1-19(31(39)42-24-13-6-5-7-14-24)36-45(40,44-26-16-10-12-23-11-8-9-15-25(23)26)43-21(3)28(20(2)38)41-22(4)37-18-35-27-29(32)33-17-34-30(27)37/h8-12,15-22,24,28,38H,5-7,13-14H2,1-4H3,(H,36,40)(H2,32,33,34)/t19?,20?,21?,22?,28-,45?/m0/s1. The Labute approximate surface area is 262 Å². The molecule has 0 spiro atoms. The zero-order valence-corrected chi connectivity index (χ0v) is 26.8. The number of esters is 1. The van der Waals surface area contributed by atoms with Crippen LogP contribution in [0.3, 0.4) is 0 Å². The third kappa shape index (κ3) is 7.79. The molecule has 2 aromatic carbocycles. The Hall–Kier alpha value is -3.61. The zero-order chi connectivity index (χ0) is 32.1. The zero-order valence-electron chi connectivity index (χ0n) is 25.9. The summed E-state index contributed by atoms with van der Waals surface area (Å²) in [5, 5.41) is 15.1. The number of nitrogens with two attached hydrogens (primary N) is 1. The molecule has 0 bridgehead atoms. The molecule has 0 saturated heterocycles. The number of nitrogens with one attached hydrogen (secondary N) is 1. The van der Waals surface area contributed by atoms with E-state index in [0.29, 0.717) is 22.3 Å². The minimum atomic E-state index is -4.31. The van der Waals surface area contributed by atoms with Crippen LogP contribution in [0.4, 0.5) is 5.82 Å². The minimum absolute atomic E-state index is 0.178. The third-order valence-corrected chi connectivity index (χ3v) is 9.64. The Bertz CT molecular complexity index is 1650. The van der Waals surface area contributed by atoms with Crippen LogP contribution in [-0.2, 0) is 23.4 Å². The highest BCUT2D eigenvalue weighted by molar-refractivity contribution is 7.52. The Morgan fingerprint density at radius 3 is 2.53 bits per heavy atom. The number of rotatable bonds is 13. The van der Waals surface area contributed by atoms with Gasteiger partial charge in [-0.15, -0.1) is 0 Å². The monoisotopic (exact) mass is 640 g/mol. The molecule has 0 amide bonds. The van der Waals surface area contributed by atoms with Gasteiger partial charge in [0, 0.05) is 5.39 Å². The van der Waals surface area contributed by atoms with Crippen molar-refractivity contribution in [2.24, 2.45) is 0 Å². The molecule has 13 nitrogen and oxygen atoms in total. The van der Waals surface area contributed by atoms with Crippen LogP contribution in [0.1, 0.15) is 66.0 Å². The van der Waals surface area contributed by atoms with Gasteiger partial charge in [0.05, 0.1) is 18.5 Å². The summed E-state index contributed by atoms with van der Waals surface area (Å²) in [5.41, 5.74) is 6.80. The first-order chi connectivity index (χ1) is 21.5. The van der Waals surface area contributed by atoms with E-state index in [-0.39, 0.29) is 11.9 Å². The summed E-state index contributed by atoms with van der Waals surface area (Å²) in [5.74, 6) is -0.0254. The molecule has 1 fully saturated rings. The second kappa shape index (κ2) is 14.2. The highest BCUT2D eigenvalue weighted by Gasteiger charge is 2.39. The van der Waals surface area contributed by atoms with E-state index in [0.717, 1.165) is 37.5 Å². The summed E-state index contributed by atoms with van der Waals surface area (Å²) in [4.78, 5) is 25.6. The van der Waals surface area contributed by atoms with Gasteiger partial charge in [-0.25, -0.2) is 19.5 Å². The third-order valence-electron chi connectivity index (χ3n) is 7.88. The van der Waals surface area contributed by atoms with Gasteiger partial charge in [-0.05, 0) is 64.8 Å². The number of hydrogen-bond acceptors (Lipinski definition) is 11. The lowest BCUT2D eigenvalue weighted by molar-refractivity contribution is -0.152. The predicted molar refractivity (Wildman–Crippen MR) is 169 cm³/mol. The van der Waals surface area contributed by atoms with Crippen molar-refractivity contribution in [3.05, 3.63) is 55.1 Å². The molecule has 4 aromatic rings. The molecule has 45 heavy (non-hydrogen) atoms. The molecule has 2 aromatic heterocycles. The Balaban J connectivity index is 1.38. The van der Waals surface area contributed by atoms with Gasteiger partial charge in [-0.1, -0.05) is 42.8 Å². The van der Waals surface area contributed by atoms with Crippen LogP contribution in [0.2, 0.25) is 0 Å². The first-order valence-electron chi connectivity index (χ1n) is 15.3. The van der Waals surface area contributed by atoms with Gasteiger partial charge in [-0.2, -0.15) is 5.09 Å². The number of imidazole rings is 1. The molecule has 1 aliphatic carbocycles. The smallest absolute Gasteiger partial charge is 0.459 e. The van der Waals surface area contributed by atoms with Gasteiger partial charge in [0.1, 0.15) is 42.1 Å². The molecule has 6 atom stereocenters. The number of aliphatic hydroxyl groups is 1. The highest BCUT2D eigenvalue weighted by atomic mass is 31.2. The van der Waals surface area contributed by atoms with Crippen molar-refractivity contribution >= 4 is 41.5 Å². The molecule has 14 heteroatoms. The molecule has 5 unspecified atom stereocenters. The Kier molecular flexibility index (Phi) is 10.4. The van der Waals surface area contributed by atoms with Gasteiger partial charge in [0.2, 0.25) is 0 Å². The number of benzene rings is 2. The number of nitrogens with zero attached hydrogens (tertiary/aromatic N) is 4. The van der Waals surface area contributed by atoms with E-state index in [1.54, 1.807) is 37.5 Å². The molecule has 1 saturated carbocycles. The fraction of sp³-hybridized carbons (Fsp3) is 0.484. The number of carbonyl (C=O) groups is 1. The van der Waals surface area contributed by atoms with Crippen molar-refractivity contribution in [3.8, 4) is 5.75 Å². The number of ether oxygens (including phenoxy) is 2. The number of fused-ring (bicyclic) bond motifs is 2. The van der Waals surface area contributed by atoms with Crippen LogP contribution in [0.25, 0.3) is 21.9 Å². The quantitative estimate of drug-likeness (QED) is 0.127. The second-order valence-electron chi connectivity index (χ2n) is 11.4. The molecule has 0 aliphatic heterocycles. The van der Waals surface area contributed by atoms with E-state index in [9.17, 15) is 14.5 Å². The molecule has 4 N–H and O–H groups in total. The van der Waals surface area contributed by atoms with E-state index >= 15 is 0 Å². The van der Waals surface area contributed by atoms with Gasteiger partial charge in [-0.3, -0.25) is 13.9 Å². The van der Waals surface area contributed by atoms with E-state index < -0.39 is 44.3 Å². The van der Waals surface area contributed by atoms with Gasteiger partial charge in [0.15, 0.2) is 11.5 Å². The van der Waals surface area contributed by atoms with Crippen LogP contribution in [0, 0.1) is 0 Å². The van der Waals surface area contributed by atoms with Gasteiger partial charge in [0.25, 0.3) is 0 Å². The molecule has 0 radical (unpaired) electrons. The lowest BCUT2D eigenvalue weighted by Crippen LogP contribution is -2.42. The summed E-state index contributed by atoms with van der Waals surface area (Å²) < 4.78 is 40.4. The number of aromatic nitrogens is 4. The summed E-state index contributed by atoms with van der Waals surface area (Å²) in [6.07, 6.45) is 3.64. The van der Waals surface area contributed by atoms with Gasteiger partial charge >= 0.3 is 13.7 Å². The predicted octanol–water partition coefficient (Wildman–Crippen LogP) is 5.29. The largest absolute Gasteiger partial charge is 0.461 e. The lowest BCUT2D eigenvalue weighted by atomic mass is 9.98. The Morgan fingerprint density at radius 2 is 1.78 bits per heavy atom. The number of anilines is 1. The summed E-state index contributed by atoms with van der Waals surface area (Å²) in [6.45, 7) is 6.45.